The van der Waals surface area contributed by atoms with Crippen molar-refractivity contribution in [2.75, 3.05) is 29.6 Å². The number of para-hydroxylation sites is 3. The summed E-state index contributed by atoms with van der Waals surface area (Å²) in [5.41, 5.74) is 12.4. The summed E-state index contributed by atoms with van der Waals surface area (Å²) in [6, 6.07) is 28.8. The minimum atomic E-state index is -0.957. The Hall–Kier alpha value is -3.59. The minimum Gasteiger partial charge on any atom is -0.479 e. The number of carboxylic acid groups (broad SMARTS) is 1. The van der Waals surface area contributed by atoms with Crippen LogP contribution in [0.25, 0.3) is 0 Å². The Morgan fingerprint density at radius 2 is 1.03 bits per heavy atom. The maximum atomic E-state index is 12.2. The van der Waals surface area contributed by atoms with Gasteiger partial charge in [-0.15, -0.1) is 0 Å². The number of rotatable bonds is 7. The zero-order valence-corrected chi connectivity index (χ0v) is 16.3. The molecule has 3 aromatic carbocycles. The Labute approximate surface area is 175 Å². The number of carboxylic acids is 1. The standard InChI is InChI=1S/C22H24N6O2/c29-22(30)21-27(24-19-12-6-2-7-13-19)16-26(23-18-10-4-1-5-11-18)17-28(21)25-20-14-8-3-9-15-20/h1-15,21,23-25H,16-17H2,(H,29,30). The maximum absolute atomic E-state index is 12.2. The molecule has 1 saturated heterocycles. The van der Waals surface area contributed by atoms with Crippen molar-refractivity contribution in [1.82, 2.24) is 15.0 Å². The molecule has 1 aliphatic rings. The number of nitrogens with one attached hydrogen (secondary N) is 3. The first kappa shape index (κ1) is 19.7. The Morgan fingerprint density at radius 1 is 0.667 bits per heavy atom. The van der Waals surface area contributed by atoms with Crippen molar-refractivity contribution in [2.45, 2.75) is 6.17 Å². The van der Waals surface area contributed by atoms with Gasteiger partial charge in [0.1, 0.15) is 0 Å². The monoisotopic (exact) mass is 404 g/mol. The first-order chi connectivity index (χ1) is 14.7. The first-order valence-corrected chi connectivity index (χ1v) is 9.65. The molecule has 4 rings (SSSR count). The highest BCUT2D eigenvalue weighted by molar-refractivity contribution is 5.74. The quantitative estimate of drug-likeness (QED) is 0.477. The third kappa shape index (κ3) is 4.87. The molecule has 3 aromatic rings. The molecule has 0 atom stereocenters. The van der Waals surface area contributed by atoms with Gasteiger partial charge in [0, 0.05) is 17.1 Å². The van der Waals surface area contributed by atoms with E-state index in [9.17, 15) is 9.90 Å². The molecule has 0 bridgehead atoms. The van der Waals surface area contributed by atoms with Crippen LogP contribution in [0.3, 0.4) is 0 Å². The first-order valence-electron chi connectivity index (χ1n) is 9.65. The summed E-state index contributed by atoms with van der Waals surface area (Å²) < 4.78 is 0. The van der Waals surface area contributed by atoms with Crippen molar-refractivity contribution in [3.8, 4) is 0 Å². The van der Waals surface area contributed by atoms with Gasteiger partial charge in [-0.25, -0.2) is 4.79 Å². The van der Waals surface area contributed by atoms with E-state index in [2.05, 4.69) is 16.3 Å². The maximum Gasteiger partial charge on any atom is 0.339 e. The van der Waals surface area contributed by atoms with E-state index in [0.29, 0.717) is 13.3 Å². The molecule has 0 saturated carbocycles. The molecule has 1 heterocycles. The van der Waals surface area contributed by atoms with E-state index in [0.717, 1.165) is 17.1 Å². The fourth-order valence-electron chi connectivity index (χ4n) is 3.32. The van der Waals surface area contributed by atoms with Gasteiger partial charge >= 0.3 is 5.97 Å². The van der Waals surface area contributed by atoms with Crippen LogP contribution in [0.15, 0.2) is 91.0 Å². The van der Waals surface area contributed by atoms with E-state index in [1.807, 2.05) is 96.0 Å². The number of aliphatic carboxylic acids is 1. The second-order valence-corrected chi connectivity index (χ2v) is 6.91. The van der Waals surface area contributed by atoms with Crippen molar-refractivity contribution in [3.63, 3.8) is 0 Å². The molecule has 0 spiro atoms. The Kier molecular flexibility index (Phi) is 6.09. The van der Waals surface area contributed by atoms with Crippen LogP contribution in [0.1, 0.15) is 0 Å². The smallest absolute Gasteiger partial charge is 0.339 e. The SMILES string of the molecule is O=C(O)C1N(Nc2ccccc2)CN(Nc2ccccc2)CN1Nc1ccccc1. The van der Waals surface area contributed by atoms with Crippen LogP contribution < -0.4 is 16.3 Å². The Balaban J connectivity index is 1.60. The summed E-state index contributed by atoms with van der Waals surface area (Å²) >= 11 is 0. The van der Waals surface area contributed by atoms with Crippen molar-refractivity contribution in [2.24, 2.45) is 0 Å². The third-order valence-electron chi connectivity index (χ3n) is 4.61. The van der Waals surface area contributed by atoms with E-state index in [1.54, 1.807) is 10.0 Å². The molecule has 0 radical (unpaired) electrons. The lowest BCUT2D eigenvalue weighted by Gasteiger charge is -2.46. The summed E-state index contributed by atoms with van der Waals surface area (Å²) in [5, 5.41) is 15.3. The predicted octanol–water partition coefficient (Wildman–Crippen LogP) is 3.31. The van der Waals surface area contributed by atoms with Gasteiger partial charge < -0.3 is 21.4 Å². The zero-order chi connectivity index (χ0) is 20.8. The van der Waals surface area contributed by atoms with Gasteiger partial charge in [-0.1, -0.05) is 54.6 Å². The topological polar surface area (TPSA) is 83.1 Å². The summed E-state index contributed by atoms with van der Waals surface area (Å²) in [5.74, 6) is -0.957. The number of hydrogen-bond acceptors (Lipinski definition) is 7. The molecule has 1 fully saturated rings. The molecule has 0 amide bonds. The molecule has 0 unspecified atom stereocenters. The normalized spacial score (nSPS) is 16.1. The molecular weight excluding hydrogens is 380 g/mol. The van der Waals surface area contributed by atoms with E-state index >= 15 is 0 Å². The molecule has 0 aromatic heterocycles. The molecule has 8 nitrogen and oxygen atoms in total. The number of hydrogen-bond donors (Lipinski definition) is 4. The van der Waals surface area contributed by atoms with E-state index < -0.39 is 12.1 Å². The van der Waals surface area contributed by atoms with Crippen LogP contribution in [0, 0.1) is 0 Å². The van der Waals surface area contributed by atoms with Crippen LogP contribution >= 0.6 is 0 Å². The third-order valence-corrected chi connectivity index (χ3v) is 4.61. The van der Waals surface area contributed by atoms with Gasteiger partial charge in [0.05, 0.1) is 13.3 Å². The van der Waals surface area contributed by atoms with Crippen LogP contribution in [0.4, 0.5) is 17.1 Å². The van der Waals surface area contributed by atoms with Crippen LogP contribution in [-0.2, 0) is 4.79 Å². The highest BCUT2D eigenvalue weighted by Crippen LogP contribution is 2.20. The average Bonchev–Trinajstić information content (AvgIpc) is 2.75. The number of hydrazine groups is 3. The van der Waals surface area contributed by atoms with Crippen LogP contribution in [0.5, 0.6) is 0 Å². The lowest BCUT2D eigenvalue weighted by atomic mass is 10.3. The Morgan fingerprint density at radius 3 is 1.40 bits per heavy atom. The molecule has 154 valence electrons. The van der Waals surface area contributed by atoms with E-state index in [4.69, 9.17) is 0 Å². The summed E-state index contributed by atoms with van der Waals surface area (Å²) in [4.78, 5) is 12.2. The van der Waals surface area contributed by atoms with E-state index in [-0.39, 0.29) is 0 Å². The van der Waals surface area contributed by atoms with Gasteiger partial charge in [0.2, 0.25) is 0 Å². The fraction of sp³-hybridized carbons (Fsp3) is 0.136. The van der Waals surface area contributed by atoms with E-state index in [1.165, 1.54) is 0 Å². The minimum absolute atomic E-state index is 0.341. The fourth-order valence-corrected chi connectivity index (χ4v) is 3.32. The van der Waals surface area contributed by atoms with Crippen LogP contribution in [-0.4, -0.2) is 45.6 Å². The highest BCUT2D eigenvalue weighted by Gasteiger charge is 2.39. The molecule has 30 heavy (non-hydrogen) atoms. The molecule has 1 aliphatic heterocycles. The van der Waals surface area contributed by atoms with Crippen molar-refractivity contribution >= 4 is 23.0 Å². The second-order valence-electron chi connectivity index (χ2n) is 6.91. The number of benzene rings is 3. The van der Waals surface area contributed by atoms with Gasteiger partial charge in [-0.2, -0.15) is 15.0 Å². The summed E-state index contributed by atoms with van der Waals surface area (Å²) in [7, 11) is 0. The highest BCUT2D eigenvalue weighted by atomic mass is 16.4. The Bertz CT molecular complexity index is 890. The molecular formula is C22H24N6O2. The molecule has 8 heteroatoms. The zero-order valence-electron chi connectivity index (χ0n) is 16.3. The van der Waals surface area contributed by atoms with Gasteiger partial charge in [0.25, 0.3) is 0 Å². The summed E-state index contributed by atoms with van der Waals surface area (Å²) in [6.45, 7) is 0.682. The van der Waals surface area contributed by atoms with Crippen molar-refractivity contribution in [1.29, 1.82) is 0 Å². The average molecular weight is 404 g/mol. The molecule has 0 aliphatic carbocycles. The number of anilines is 3. The molecule has 4 N–H and O–H groups in total. The van der Waals surface area contributed by atoms with Crippen molar-refractivity contribution in [3.05, 3.63) is 91.0 Å². The van der Waals surface area contributed by atoms with Crippen LogP contribution in [0.2, 0.25) is 0 Å². The lowest BCUT2D eigenvalue weighted by Crippen LogP contribution is -2.67. The second kappa shape index (κ2) is 9.27. The number of nitrogens with zero attached hydrogens (tertiary/aromatic N) is 3. The largest absolute Gasteiger partial charge is 0.479 e. The summed E-state index contributed by atoms with van der Waals surface area (Å²) in [6.07, 6.45) is -0.931. The lowest BCUT2D eigenvalue weighted by molar-refractivity contribution is -0.158. The van der Waals surface area contributed by atoms with Gasteiger partial charge in [0.15, 0.2) is 6.17 Å². The van der Waals surface area contributed by atoms with Crippen molar-refractivity contribution < 1.29 is 9.90 Å². The predicted molar refractivity (Wildman–Crippen MR) is 117 cm³/mol. The number of carbonyl (C=O) groups is 1. The van der Waals surface area contributed by atoms with Gasteiger partial charge in [-0.05, 0) is 36.4 Å². The van der Waals surface area contributed by atoms with Gasteiger partial charge in [-0.3, -0.25) is 0 Å².